The van der Waals surface area contributed by atoms with E-state index in [1.165, 1.54) is 6.07 Å². The zero-order chi connectivity index (χ0) is 20.9. The van der Waals surface area contributed by atoms with Crippen LogP contribution in [0.3, 0.4) is 0 Å². The van der Waals surface area contributed by atoms with Crippen molar-refractivity contribution in [2.24, 2.45) is 0 Å². The zero-order valence-electron chi connectivity index (χ0n) is 14.5. The molecule has 0 unspecified atom stereocenters. The molecule has 0 N–H and O–H groups in total. The Morgan fingerprint density at radius 3 is 2.50 bits per heavy atom. The maximum Gasteiger partial charge on any atom is 0.416 e. The number of esters is 1. The molecule has 10 heteroatoms. The first-order chi connectivity index (χ1) is 13.1. The van der Waals surface area contributed by atoms with Crippen molar-refractivity contribution in [3.05, 3.63) is 63.2 Å². The smallest absolute Gasteiger partial charge is 0.416 e. The molecule has 28 heavy (non-hydrogen) atoms. The van der Waals surface area contributed by atoms with E-state index in [9.17, 15) is 32.9 Å². The number of halogens is 3. The summed E-state index contributed by atoms with van der Waals surface area (Å²) in [6.45, 7) is 1.64. The first-order valence-corrected chi connectivity index (χ1v) is 7.92. The van der Waals surface area contributed by atoms with E-state index >= 15 is 0 Å². The topological polar surface area (TPSA) is 95.7 Å². The number of alkyl halides is 3. The Kier molecular flexibility index (Phi) is 6.34. The molecule has 0 aliphatic carbocycles. The Hall–Kier alpha value is -3.43. The summed E-state index contributed by atoms with van der Waals surface area (Å²) >= 11 is 0. The van der Waals surface area contributed by atoms with Gasteiger partial charge < -0.3 is 9.47 Å². The van der Waals surface area contributed by atoms with Crippen molar-refractivity contribution < 1.29 is 37.2 Å². The van der Waals surface area contributed by atoms with E-state index in [2.05, 4.69) is 0 Å². The zero-order valence-corrected chi connectivity index (χ0v) is 14.5. The number of aldehydes is 1. The lowest BCUT2D eigenvalue weighted by Gasteiger charge is -2.14. The first kappa shape index (κ1) is 20.9. The molecule has 0 amide bonds. The fraction of sp³-hybridized carbons (Fsp3) is 0.222. The lowest BCUT2D eigenvalue weighted by molar-refractivity contribution is -0.384. The van der Waals surface area contributed by atoms with Crippen LogP contribution in [0.15, 0.2) is 36.4 Å². The van der Waals surface area contributed by atoms with Crippen LogP contribution in [0.2, 0.25) is 0 Å². The predicted octanol–water partition coefficient (Wildman–Crippen LogP) is 4.32. The minimum Gasteiger partial charge on any atom is -0.466 e. The normalized spacial score (nSPS) is 11.0. The van der Waals surface area contributed by atoms with Crippen LogP contribution < -0.4 is 4.74 Å². The molecule has 0 radical (unpaired) electrons. The Balaban J connectivity index is 2.43. The average molecular weight is 397 g/mol. The number of benzene rings is 2. The summed E-state index contributed by atoms with van der Waals surface area (Å²) in [6, 6.07) is 5.78. The average Bonchev–Trinajstić information content (AvgIpc) is 2.61. The number of nitrogens with zero attached hydrogens (tertiary/aromatic N) is 1. The number of ether oxygens (including phenoxy) is 2. The number of hydrogen-bond acceptors (Lipinski definition) is 6. The van der Waals surface area contributed by atoms with Gasteiger partial charge in [-0.1, -0.05) is 0 Å². The first-order valence-electron chi connectivity index (χ1n) is 7.92. The predicted molar refractivity (Wildman–Crippen MR) is 90.3 cm³/mol. The van der Waals surface area contributed by atoms with Crippen LogP contribution in [-0.2, 0) is 22.1 Å². The lowest BCUT2D eigenvalue weighted by Crippen LogP contribution is -2.10. The van der Waals surface area contributed by atoms with Gasteiger partial charge >= 0.3 is 12.1 Å². The highest BCUT2D eigenvalue weighted by molar-refractivity contribution is 5.81. The molecule has 0 heterocycles. The molecule has 2 aromatic carbocycles. The van der Waals surface area contributed by atoms with Crippen LogP contribution in [0, 0.1) is 10.1 Å². The van der Waals surface area contributed by atoms with Crippen molar-refractivity contribution in [1.82, 2.24) is 0 Å². The monoisotopic (exact) mass is 397 g/mol. The highest BCUT2D eigenvalue weighted by Crippen LogP contribution is 2.35. The third kappa shape index (κ3) is 5.29. The third-order valence-electron chi connectivity index (χ3n) is 3.51. The molecule has 0 aliphatic heterocycles. The molecule has 7 nitrogen and oxygen atoms in total. The maximum absolute atomic E-state index is 13.2. The molecule has 0 aromatic heterocycles. The Labute approximate surface area is 156 Å². The number of non-ortho nitro benzene ring substituents is 1. The summed E-state index contributed by atoms with van der Waals surface area (Å²) < 4.78 is 49.5. The molecule has 0 fully saturated rings. The summed E-state index contributed by atoms with van der Waals surface area (Å²) in [5, 5.41) is 10.8. The number of carbonyl (C=O) groups is 2. The molecular formula is C18H14F3NO6. The SMILES string of the molecule is CCOC(=O)Cc1cc(Oc2ccc([N+](=O)[O-])cc2C=O)cc(C(F)(F)F)c1. The van der Waals surface area contributed by atoms with Gasteiger partial charge in [-0.05, 0) is 36.8 Å². The van der Waals surface area contributed by atoms with Crippen molar-refractivity contribution in [2.75, 3.05) is 6.61 Å². The molecule has 0 atom stereocenters. The fourth-order valence-electron chi connectivity index (χ4n) is 2.33. The van der Waals surface area contributed by atoms with Crippen LogP contribution in [0.1, 0.15) is 28.4 Å². The molecule has 0 spiro atoms. The van der Waals surface area contributed by atoms with Crippen molar-refractivity contribution in [3.63, 3.8) is 0 Å². The van der Waals surface area contributed by atoms with E-state index in [4.69, 9.17) is 9.47 Å². The summed E-state index contributed by atoms with van der Waals surface area (Å²) in [7, 11) is 0. The molecule has 0 saturated carbocycles. The van der Waals surface area contributed by atoms with Gasteiger partial charge in [-0.2, -0.15) is 13.2 Å². The minimum atomic E-state index is -4.70. The number of nitro groups is 1. The van der Waals surface area contributed by atoms with Gasteiger partial charge in [-0.3, -0.25) is 19.7 Å². The second kappa shape index (κ2) is 8.51. The number of rotatable bonds is 7. The standard InChI is InChI=1S/C18H14F3NO6/c1-2-27-17(24)7-11-5-13(18(19,20)21)9-15(6-11)28-16-4-3-14(22(25)26)8-12(16)10-23/h3-6,8-10H,2,7H2,1H3. The van der Waals surface area contributed by atoms with E-state index in [0.29, 0.717) is 6.07 Å². The van der Waals surface area contributed by atoms with Crippen LogP contribution >= 0.6 is 0 Å². The Morgan fingerprint density at radius 1 is 1.21 bits per heavy atom. The summed E-state index contributed by atoms with van der Waals surface area (Å²) in [5.41, 5.74) is -1.64. The van der Waals surface area contributed by atoms with Gasteiger partial charge in [0, 0.05) is 12.1 Å². The van der Waals surface area contributed by atoms with Crippen molar-refractivity contribution in [3.8, 4) is 11.5 Å². The van der Waals surface area contributed by atoms with Crippen molar-refractivity contribution in [2.45, 2.75) is 19.5 Å². The molecule has 148 valence electrons. The van der Waals surface area contributed by atoms with Gasteiger partial charge in [0.1, 0.15) is 11.5 Å². The van der Waals surface area contributed by atoms with Crippen LogP contribution in [0.5, 0.6) is 11.5 Å². The van der Waals surface area contributed by atoms with E-state index in [0.717, 1.165) is 24.3 Å². The summed E-state index contributed by atoms with van der Waals surface area (Å²) in [6.07, 6.45) is -4.82. The Bertz CT molecular complexity index is 911. The van der Waals surface area contributed by atoms with Crippen LogP contribution in [0.25, 0.3) is 0 Å². The van der Waals surface area contributed by atoms with E-state index in [1.54, 1.807) is 6.92 Å². The lowest BCUT2D eigenvalue weighted by atomic mass is 10.1. The fourth-order valence-corrected chi connectivity index (χ4v) is 2.33. The molecule has 0 saturated heterocycles. The molecule has 2 rings (SSSR count). The highest BCUT2D eigenvalue weighted by atomic mass is 19.4. The van der Waals surface area contributed by atoms with Gasteiger partial charge in [0.25, 0.3) is 5.69 Å². The van der Waals surface area contributed by atoms with E-state index in [-0.39, 0.29) is 41.2 Å². The molecule has 0 bridgehead atoms. The molecular weight excluding hydrogens is 383 g/mol. The number of hydrogen-bond donors (Lipinski definition) is 0. The third-order valence-corrected chi connectivity index (χ3v) is 3.51. The highest BCUT2D eigenvalue weighted by Gasteiger charge is 2.32. The molecule has 2 aromatic rings. The number of nitro benzene ring substituents is 1. The van der Waals surface area contributed by atoms with Gasteiger partial charge in [0.05, 0.1) is 29.1 Å². The largest absolute Gasteiger partial charge is 0.466 e. The molecule has 0 aliphatic rings. The van der Waals surface area contributed by atoms with Crippen LogP contribution in [0.4, 0.5) is 18.9 Å². The summed E-state index contributed by atoms with van der Waals surface area (Å²) in [5.74, 6) is -1.16. The second-order valence-corrected chi connectivity index (χ2v) is 5.54. The maximum atomic E-state index is 13.2. The quantitative estimate of drug-likeness (QED) is 0.299. The van der Waals surface area contributed by atoms with Crippen molar-refractivity contribution >= 4 is 17.9 Å². The van der Waals surface area contributed by atoms with Gasteiger partial charge in [-0.15, -0.1) is 0 Å². The van der Waals surface area contributed by atoms with Crippen molar-refractivity contribution in [1.29, 1.82) is 0 Å². The Morgan fingerprint density at radius 2 is 1.93 bits per heavy atom. The summed E-state index contributed by atoms with van der Waals surface area (Å²) in [4.78, 5) is 32.8. The van der Waals surface area contributed by atoms with E-state index in [1.807, 2.05) is 0 Å². The number of carbonyl (C=O) groups excluding carboxylic acids is 2. The second-order valence-electron chi connectivity index (χ2n) is 5.54. The van der Waals surface area contributed by atoms with E-state index < -0.39 is 29.1 Å². The van der Waals surface area contributed by atoms with Gasteiger partial charge in [0.15, 0.2) is 6.29 Å². The van der Waals surface area contributed by atoms with Gasteiger partial charge in [-0.25, -0.2) is 0 Å². The van der Waals surface area contributed by atoms with Gasteiger partial charge in [0.2, 0.25) is 0 Å². The minimum absolute atomic E-state index is 0.00200. The van der Waals surface area contributed by atoms with Crippen LogP contribution in [-0.4, -0.2) is 23.8 Å².